The minimum atomic E-state index is -2.75. The minimum Gasteiger partial charge on any atom is -0.310 e. The van der Waals surface area contributed by atoms with E-state index >= 15 is 0 Å². The molecule has 2 heteroatoms. The first kappa shape index (κ1) is 31.9. The molecule has 9 aromatic carbocycles. The monoisotopic (exact) mass is 703 g/mol. The molecule has 1 aliphatic heterocycles. The molecule has 10 rings (SSSR count). The smallest absolute Gasteiger partial charge is 0.180 e. The van der Waals surface area contributed by atoms with Crippen LogP contribution in [0.2, 0.25) is 0 Å². The van der Waals surface area contributed by atoms with E-state index < -0.39 is 8.07 Å². The fourth-order valence-electron chi connectivity index (χ4n) is 8.68. The molecule has 0 aromatic heterocycles. The molecule has 0 bridgehead atoms. The van der Waals surface area contributed by atoms with Gasteiger partial charge in [0.05, 0.1) is 5.69 Å². The average molecular weight is 704 g/mol. The number of anilines is 3. The highest BCUT2D eigenvalue weighted by atomic mass is 28.3. The molecule has 0 atom stereocenters. The van der Waals surface area contributed by atoms with Crippen molar-refractivity contribution in [3.63, 3.8) is 0 Å². The van der Waals surface area contributed by atoms with Gasteiger partial charge < -0.3 is 4.90 Å². The predicted molar refractivity (Wildman–Crippen MR) is 232 cm³/mol. The lowest BCUT2D eigenvalue weighted by Crippen LogP contribution is -2.72. The Morgan fingerprint density at radius 3 is 1.24 bits per heavy atom. The third-order valence-electron chi connectivity index (χ3n) is 11.1. The highest BCUT2D eigenvalue weighted by Gasteiger charge is 2.50. The lowest BCUT2D eigenvalue weighted by Gasteiger charge is -2.32. The fourth-order valence-corrected chi connectivity index (χ4v) is 13.9. The zero-order valence-corrected chi connectivity index (χ0v) is 30.8. The van der Waals surface area contributed by atoms with E-state index in [2.05, 4.69) is 229 Å². The molecule has 0 N–H and O–H groups in total. The van der Waals surface area contributed by atoms with Crippen LogP contribution in [0.25, 0.3) is 44.2 Å². The molecule has 9 aromatic rings. The first-order valence-electron chi connectivity index (χ1n) is 18.7. The molecule has 1 aliphatic rings. The lowest BCUT2D eigenvalue weighted by atomic mass is 9.98. The maximum absolute atomic E-state index is 2.75. The van der Waals surface area contributed by atoms with Crippen LogP contribution in [0.15, 0.2) is 224 Å². The van der Waals surface area contributed by atoms with E-state index in [4.69, 9.17) is 0 Å². The van der Waals surface area contributed by atoms with Crippen molar-refractivity contribution in [2.75, 3.05) is 4.90 Å². The summed E-state index contributed by atoms with van der Waals surface area (Å²) in [5, 5.41) is 8.20. The van der Waals surface area contributed by atoms with Gasteiger partial charge in [-0.25, -0.2) is 0 Å². The second kappa shape index (κ2) is 13.3. The highest BCUT2D eigenvalue weighted by Crippen LogP contribution is 2.44. The van der Waals surface area contributed by atoms with Gasteiger partial charge in [-0.1, -0.05) is 188 Å². The van der Waals surface area contributed by atoms with Gasteiger partial charge in [0.25, 0.3) is 0 Å². The van der Waals surface area contributed by atoms with Crippen molar-refractivity contribution < 1.29 is 0 Å². The molecule has 1 heterocycles. The van der Waals surface area contributed by atoms with Crippen molar-refractivity contribution in [1.29, 1.82) is 0 Å². The van der Waals surface area contributed by atoms with Crippen LogP contribution < -0.4 is 25.6 Å². The van der Waals surface area contributed by atoms with Gasteiger partial charge in [0.1, 0.15) is 0 Å². The second-order valence-corrected chi connectivity index (χ2v) is 17.8. The Balaban J connectivity index is 1.26. The van der Waals surface area contributed by atoms with Crippen LogP contribution in [0.4, 0.5) is 17.1 Å². The second-order valence-electron chi connectivity index (χ2n) is 14.1. The van der Waals surface area contributed by atoms with Crippen molar-refractivity contribution in [3.05, 3.63) is 224 Å². The minimum absolute atomic E-state index is 1.12. The van der Waals surface area contributed by atoms with E-state index in [1.54, 1.807) is 0 Å². The van der Waals surface area contributed by atoms with E-state index in [-0.39, 0.29) is 0 Å². The topological polar surface area (TPSA) is 3.24 Å². The van der Waals surface area contributed by atoms with Crippen molar-refractivity contribution >= 4 is 56.7 Å². The molecule has 0 spiro atoms. The Morgan fingerprint density at radius 2 is 0.741 bits per heavy atom. The molecule has 1 nitrogen and oxygen atoms in total. The Hall–Kier alpha value is -6.74. The highest BCUT2D eigenvalue weighted by molar-refractivity contribution is 7.22. The zero-order chi connectivity index (χ0) is 35.9. The summed E-state index contributed by atoms with van der Waals surface area (Å²) in [6.45, 7) is 0. The SMILES string of the molecule is c1ccc(-c2ccc(N(c3ccc(-c4ccccc4)cc3)c3cccc4c3-c3cc5ccccc5cc3[Si]4(c3ccccc3)c3ccccc3)cc2)cc1. The molecule has 254 valence electrons. The Kier molecular flexibility index (Phi) is 7.90. The Morgan fingerprint density at radius 1 is 0.315 bits per heavy atom. The fraction of sp³-hybridized carbons (Fsp3) is 0. The largest absolute Gasteiger partial charge is 0.310 e. The molecular weight excluding hydrogens is 667 g/mol. The molecule has 0 aliphatic carbocycles. The zero-order valence-electron chi connectivity index (χ0n) is 29.8. The first-order chi connectivity index (χ1) is 26.8. The van der Waals surface area contributed by atoms with Crippen molar-refractivity contribution in [2.24, 2.45) is 0 Å². The maximum atomic E-state index is 2.51. The third-order valence-corrected chi connectivity index (χ3v) is 16.0. The molecule has 0 unspecified atom stereocenters. The third kappa shape index (κ3) is 5.22. The number of nitrogens with zero attached hydrogens (tertiary/aromatic N) is 1. The standard InChI is InChI=1S/C52H37NSi/c1-5-16-38(17-6-1)40-28-32-44(33-29-40)53(45-34-30-41(31-35-45)39-18-7-2-8-19-39)49-26-15-27-50-52(49)48-36-42-20-13-14-21-43(42)37-51(48)54(50,46-22-9-3-10-23-46)47-24-11-4-12-25-47/h1-37H. The number of fused-ring (bicyclic) bond motifs is 4. The lowest BCUT2D eigenvalue weighted by molar-refractivity contribution is 1.29. The van der Waals surface area contributed by atoms with Gasteiger partial charge >= 0.3 is 0 Å². The van der Waals surface area contributed by atoms with Gasteiger partial charge in [0, 0.05) is 16.9 Å². The first-order valence-corrected chi connectivity index (χ1v) is 20.7. The van der Waals surface area contributed by atoms with E-state index in [1.807, 2.05) is 0 Å². The molecule has 0 radical (unpaired) electrons. The van der Waals surface area contributed by atoms with Crippen molar-refractivity contribution in [1.82, 2.24) is 0 Å². The number of hydrogen-bond acceptors (Lipinski definition) is 1. The summed E-state index contributed by atoms with van der Waals surface area (Å²) in [6, 6.07) is 82.9. The van der Waals surface area contributed by atoms with Gasteiger partial charge in [-0.05, 0) is 95.7 Å². The van der Waals surface area contributed by atoms with E-state index in [0.717, 1.165) is 11.4 Å². The van der Waals surface area contributed by atoms with Gasteiger partial charge in [-0.15, -0.1) is 0 Å². The molecule has 0 fully saturated rings. The van der Waals surface area contributed by atoms with Gasteiger partial charge in [-0.2, -0.15) is 0 Å². The molecular formula is C52H37NSi. The van der Waals surface area contributed by atoms with Crippen LogP contribution in [0.1, 0.15) is 0 Å². The molecule has 0 amide bonds. The molecule has 0 saturated heterocycles. The Labute approximate surface area is 318 Å². The quantitative estimate of drug-likeness (QED) is 0.149. The Bertz CT molecular complexity index is 2600. The maximum Gasteiger partial charge on any atom is 0.180 e. The van der Waals surface area contributed by atoms with Crippen LogP contribution in [0.3, 0.4) is 0 Å². The summed E-state index contributed by atoms with van der Waals surface area (Å²) in [5.74, 6) is 0. The molecule has 0 saturated carbocycles. The summed E-state index contributed by atoms with van der Waals surface area (Å²) >= 11 is 0. The average Bonchev–Trinajstić information content (AvgIpc) is 3.55. The summed E-state index contributed by atoms with van der Waals surface area (Å²) in [5.41, 5.74) is 10.9. The molecule has 54 heavy (non-hydrogen) atoms. The van der Waals surface area contributed by atoms with Gasteiger partial charge in [0.15, 0.2) is 8.07 Å². The van der Waals surface area contributed by atoms with Crippen molar-refractivity contribution in [3.8, 4) is 33.4 Å². The summed E-state index contributed by atoms with van der Waals surface area (Å²) in [6.07, 6.45) is 0. The number of hydrogen-bond donors (Lipinski definition) is 0. The van der Waals surface area contributed by atoms with E-state index in [0.29, 0.717) is 0 Å². The number of rotatable bonds is 7. The van der Waals surface area contributed by atoms with E-state index in [9.17, 15) is 0 Å². The summed E-state index contributed by atoms with van der Waals surface area (Å²) in [4.78, 5) is 2.47. The van der Waals surface area contributed by atoms with E-state index in [1.165, 1.54) is 70.6 Å². The summed E-state index contributed by atoms with van der Waals surface area (Å²) in [7, 11) is -2.75. The van der Waals surface area contributed by atoms with Gasteiger partial charge in [0.2, 0.25) is 0 Å². The summed E-state index contributed by atoms with van der Waals surface area (Å²) < 4.78 is 0. The van der Waals surface area contributed by atoms with Crippen LogP contribution in [-0.4, -0.2) is 8.07 Å². The van der Waals surface area contributed by atoms with Crippen LogP contribution >= 0.6 is 0 Å². The predicted octanol–water partition coefficient (Wildman–Crippen LogP) is 11.0. The number of benzene rings is 9. The van der Waals surface area contributed by atoms with Crippen molar-refractivity contribution in [2.45, 2.75) is 0 Å². The van der Waals surface area contributed by atoms with Crippen LogP contribution in [-0.2, 0) is 0 Å². The van der Waals surface area contributed by atoms with Crippen LogP contribution in [0, 0.1) is 0 Å². The normalized spacial score (nSPS) is 12.6. The van der Waals surface area contributed by atoms with Gasteiger partial charge in [-0.3, -0.25) is 0 Å². The van der Waals surface area contributed by atoms with Crippen LogP contribution in [0.5, 0.6) is 0 Å².